The number of nitrogens with zero attached hydrogens (tertiary/aromatic N) is 4. The number of benzene rings is 10. The minimum absolute atomic E-state index is 0. The monoisotopic (exact) mass is 1880 g/mol. The summed E-state index contributed by atoms with van der Waals surface area (Å²) in [6.45, 7) is 51.2. The molecule has 3 aliphatic carbocycles. The molecular formula is C113H140ClN8Na2O8S2+. The molecule has 0 aliphatic heterocycles. The predicted octanol–water partition coefficient (Wildman–Crippen LogP) is 13.9. The van der Waals surface area contributed by atoms with E-state index in [2.05, 4.69) is 295 Å². The second-order valence-electron chi connectivity index (χ2n) is 34.5. The van der Waals surface area contributed by atoms with E-state index in [1.165, 1.54) is 215 Å². The minimum atomic E-state index is -4.83. The molecule has 2 atom stereocenters. The molecule has 0 spiro atoms. The van der Waals surface area contributed by atoms with Crippen LogP contribution in [0.3, 0.4) is 0 Å². The van der Waals surface area contributed by atoms with Crippen molar-refractivity contribution in [2.75, 3.05) is 95.7 Å². The molecular weight excluding hydrogens is 1740 g/mol. The molecule has 13 rings (SSSR count). The van der Waals surface area contributed by atoms with E-state index in [-0.39, 0.29) is 145 Å². The molecule has 0 aromatic heterocycles. The molecule has 21 heteroatoms. The average molecular weight is 1880 g/mol. The van der Waals surface area contributed by atoms with Gasteiger partial charge in [0.05, 0.1) is 43.4 Å². The molecule has 0 bridgehead atoms. The first-order valence-corrected chi connectivity index (χ1v) is 49.9. The van der Waals surface area contributed by atoms with E-state index in [0.717, 1.165) is 65.4 Å². The van der Waals surface area contributed by atoms with Crippen LogP contribution in [0.15, 0.2) is 216 Å². The van der Waals surface area contributed by atoms with Crippen molar-refractivity contribution in [3.05, 3.63) is 318 Å². The number of nitrogens with one attached hydrogen (secondary N) is 4. The predicted molar refractivity (Wildman–Crippen MR) is 549 cm³/mol. The fraction of sp³-hybridized carbons (Fsp3) is 0.363. The van der Waals surface area contributed by atoms with Crippen molar-refractivity contribution in [1.82, 2.24) is 0 Å². The van der Waals surface area contributed by atoms with Gasteiger partial charge in [0.25, 0.3) is 0 Å². The summed E-state index contributed by atoms with van der Waals surface area (Å²) < 4.78 is 72.5. The Balaban J connectivity index is 0.000000270. The first-order valence-electron chi connectivity index (χ1n) is 47.1. The van der Waals surface area contributed by atoms with Crippen molar-refractivity contribution >= 4 is 111 Å². The third-order valence-electron chi connectivity index (χ3n) is 26.3. The standard InChI is InChI=1S/2C40H53N3.C32H30N2O8S2.CH4.ClH.2Na/c2*1-8-14-17-31(9-2)29-41-39-27-26-38(36-18-15-16-19-37(36)39)40(32-20-22-33(23-21-32)42(10-3)11-4)35-25-24-34(28-30(35)7)43(12-5)13-6;1-15-13-17(3)31(43(37,38)39)19(5)27(15)33-23-11-12-24(26-25(23)29(35)21-9-7-8-10-22(21)30(26)36)34-28-16(2)14-18(4)32(20(28)6)44(40,41)42;;;;/h2*15-16,18-28,31H,8-14,17,29H2,1-7H3;7-14,33-34H,1-6H3,(H,37,38,39)(H,40,41,42);1H4;1H;;/q;;;;;2*+1/p-1. The third kappa shape index (κ3) is 25.6. The van der Waals surface area contributed by atoms with E-state index in [1.54, 1.807) is 38.1 Å². The number of anilines is 8. The molecule has 10 aromatic carbocycles. The molecule has 134 heavy (non-hydrogen) atoms. The molecule has 3 aliphatic rings. The van der Waals surface area contributed by atoms with E-state index in [1.807, 2.05) is 0 Å². The number of aryl methyl sites for hydroxylation is 6. The van der Waals surface area contributed by atoms with Gasteiger partial charge >= 0.3 is 59.1 Å². The summed E-state index contributed by atoms with van der Waals surface area (Å²) >= 11 is 0. The zero-order valence-corrected chi connectivity index (χ0v) is 89.2. The van der Waals surface area contributed by atoms with E-state index < -0.39 is 31.8 Å². The molecule has 0 saturated carbocycles. The van der Waals surface area contributed by atoms with Gasteiger partial charge < -0.3 is 51.7 Å². The fourth-order valence-electron chi connectivity index (χ4n) is 19.1. The van der Waals surface area contributed by atoms with Gasteiger partial charge in [-0.1, -0.05) is 170 Å². The summed E-state index contributed by atoms with van der Waals surface area (Å²) in [6, 6.07) is 62.9. The van der Waals surface area contributed by atoms with Crippen LogP contribution < -0.4 is 112 Å². The van der Waals surface area contributed by atoms with Crippen LogP contribution in [0.4, 0.5) is 45.5 Å². The zero-order chi connectivity index (χ0) is 94.0. The average Bonchev–Trinajstić information content (AvgIpc) is 0.737. The van der Waals surface area contributed by atoms with Crippen LogP contribution in [0.1, 0.15) is 263 Å². The van der Waals surface area contributed by atoms with Crippen molar-refractivity contribution in [3.8, 4) is 0 Å². The zero-order valence-electron chi connectivity index (χ0n) is 82.8. The van der Waals surface area contributed by atoms with Crippen LogP contribution in [0.25, 0.3) is 22.3 Å². The van der Waals surface area contributed by atoms with Gasteiger partial charge in [0, 0.05) is 122 Å². The summed E-state index contributed by atoms with van der Waals surface area (Å²) in [5, 5.41) is 6.23. The number of unbranched alkanes of at least 4 members (excludes halogenated alkanes) is 2. The molecule has 2 unspecified atom stereocenters. The number of rotatable bonds is 34. The van der Waals surface area contributed by atoms with Crippen LogP contribution >= 0.6 is 0 Å². The van der Waals surface area contributed by atoms with Gasteiger partial charge in [0.15, 0.2) is 11.6 Å². The van der Waals surface area contributed by atoms with Crippen LogP contribution in [-0.4, -0.2) is 114 Å². The molecule has 0 fully saturated rings. The Bertz CT molecular complexity index is 5850. The molecule has 0 radical (unpaired) electrons. The maximum atomic E-state index is 14.0. The van der Waals surface area contributed by atoms with Crippen molar-refractivity contribution in [1.29, 1.82) is 0 Å². The van der Waals surface area contributed by atoms with Crippen LogP contribution in [0, 0.1) is 67.2 Å². The second-order valence-corrected chi connectivity index (χ2v) is 37.1. The van der Waals surface area contributed by atoms with Gasteiger partial charge in [-0.25, -0.2) is 26.8 Å². The van der Waals surface area contributed by atoms with Gasteiger partial charge in [-0.2, -0.15) is 0 Å². The first-order chi connectivity index (χ1) is 62.4. The smallest absolute Gasteiger partial charge is 1.00 e. The van der Waals surface area contributed by atoms with E-state index in [9.17, 15) is 35.5 Å². The topological polar surface area (TPSA) is 214 Å². The molecule has 0 amide bonds. The van der Waals surface area contributed by atoms with Crippen LogP contribution in [0.2, 0.25) is 0 Å². The molecule has 16 nitrogen and oxygen atoms in total. The quantitative estimate of drug-likeness (QED) is 0.0218. The van der Waals surface area contributed by atoms with Gasteiger partial charge in [-0.15, -0.1) is 0 Å². The number of carbonyl (C=O) groups is 2. The number of allylic oxidation sites excluding steroid dienone is 6. The van der Waals surface area contributed by atoms with Gasteiger partial charge in [-0.3, -0.25) is 9.59 Å². The van der Waals surface area contributed by atoms with E-state index in [0.29, 0.717) is 34.3 Å². The maximum Gasteiger partial charge on any atom is 1.00 e. The Morgan fingerprint density at radius 1 is 0.366 bits per heavy atom. The van der Waals surface area contributed by atoms with Gasteiger partial charge in [-0.05, 0) is 322 Å². The van der Waals surface area contributed by atoms with Gasteiger partial charge in [0.1, 0.15) is 33.3 Å². The SMILES string of the molecule is C.CCCCC(CC)C[NH+]=C1C=CC(=C(c2ccc(N(CC)CC)cc2)c2ccc(N(CC)CC)cc2C)c2ccccc21.CCCCC(CC)C[NH+]=C1C=CC(=C(c2ccc(N(CC)CC)cc2)c2ccc(N(CC)CC)cc2C)c2ccccc21.Cc1cc(C)c(S(=O)(=O)[O-])c(C)c1Nc1ccc(Nc2c(C)cc(C)c(S(=O)(=O)[O-])c2C)c2c1C(=O)c1ccccc1C2=O.[Cl-].[Na+].[Na+]. The molecule has 700 valence electrons. The maximum absolute atomic E-state index is 14.0. The normalized spacial score (nSPS) is 14.1. The van der Waals surface area contributed by atoms with Crippen molar-refractivity contribution in [2.24, 2.45) is 11.8 Å². The molecule has 0 saturated heterocycles. The van der Waals surface area contributed by atoms with Crippen molar-refractivity contribution in [2.45, 2.75) is 207 Å². The molecule has 4 N–H and O–H groups in total. The van der Waals surface area contributed by atoms with Crippen LogP contribution in [0.5, 0.6) is 0 Å². The number of fused-ring (bicyclic) bond motifs is 4. The number of hydrogen-bond acceptors (Lipinski definition) is 14. The molecule has 0 heterocycles. The Morgan fingerprint density at radius 3 is 0.955 bits per heavy atom. The number of carbonyl (C=O) groups excluding carboxylic acids is 2. The summed E-state index contributed by atoms with van der Waals surface area (Å²) in [5.41, 5.74) is 29.1. The largest absolute Gasteiger partial charge is 1.00 e. The number of hydrogen-bond donors (Lipinski definition) is 4. The number of ketones is 2. The Hall–Kier alpha value is -9.25. The number of halogens is 1. The summed E-state index contributed by atoms with van der Waals surface area (Å²) in [6.07, 6.45) is 19.5. The van der Waals surface area contributed by atoms with Crippen molar-refractivity contribution in [3.63, 3.8) is 0 Å². The fourth-order valence-corrected chi connectivity index (χ4v) is 21.0. The van der Waals surface area contributed by atoms with Crippen LogP contribution in [-0.2, 0) is 20.2 Å². The second kappa shape index (κ2) is 51.2. The Kier molecular flexibility index (Phi) is 42.7. The minimum Gasteiger partial charge on any atom is -1.00 e. The third-order valence-corrected chi connectivity index (χ3v) is 28.6. The van der Waals surface area contributed by atoms with E-state index in [4.69, 9.17) is 0 Å². The Labute approximate surface area is 852 Å². The Morgan fingerprint density at radius 2 is 0.664 bits per heavy atom. The summed E-state index contributed by atoms with van der Waals surface area (Å²) in [4.78, 5) is 44.6. The molecule has 10 aromatic rings. The summed E-state index contributed by atoms with van der Waals surface area (Å²) in [5.74, 6) is 0.467. The first kappa shape index (κ1) is 112. The van der Waals surface area contributed by atoms with E-state index >= 15 is 0 Å². The van der Waals surface area contributed by atoms with Crippen molar-refractivity contribution < 1.29 is 117 Å². The summed E-state index contributed by atoms with van der Waals surface area (Å²) in [7, 11) is -9.65. The van der Waals surface area contributed by atoms with Gasteiger partial charge in [0.2, 0.25) is 11.4 Å².